The molecule has 2 atom stereocenters. The molecule has 2 saturated heterocycles. The molecule has 64 heavy (non-hydrogen) atoms. The number of nitrogens with two attached hydrogens (primary N) is 1. The summed E-state index contributed by atoms with van der Waals surface area (Å²) in [5.41, 5.74) is 9.26. The number of fused-ring (bicyclic) bond motifs is 1. The first-order chi connectivity index (χ1) is 30.8. The highest BCUT2D eigenvalue weighted by molar-refractivity contribution is 7.90. The smallest absolute Gasteiger partial charge is 0.415 e. The fourth-order valence-corrected chi connectivity index (χ4v) is 11.0. The summed E-state index contributed by atoms with van der Waals surface area (Å²) in [6.45, 7) is 3.71. The van der Waals surface area contributed by atoms with Gasteiger partial charge in [0.05, 0.1) is 24.7 Å². The van der Waals surface area contributed by atoms with Crippen molar-refractivity contribution in [2.45, 2.75) is 102 Å². The minimum atomic E-state index is -3.10. The Morgan fingerprint density at radius 3 is 2.41 bits per heavy atom. The number of carbonyl (C=O) groups excluding carboxylic acids is 3. The van der Waals surface area contributed by atoms with Crippen molar-refractivity contribution in [1.82, 2.24) is 20.0 Å². The lowest BCUT2D eigenvalue weighted by Crippen LogP contribution is -2.63. The second-order valence-corrected chi connectivity index (χ2v) is 20.8. The first-order valence-corrected chi connectivity index (χ1v) is 25.3. The Labute approximate surface area is 383 Å². The van der Waals surface area contributed by atoms with Crippen molar-refractivity contribution in [3.8, 4) is 11.5 Å². The Hall–Kier alpha value is -4.53. The number of piperazine rings is 1. The van der Waals surface area contributed by atoms with E-state index in [1.165, 1.54) is 23.1 Å². The van der Waals surface area contributed by atoms with Crippen molar-refractivity contribution in [1.29, 1.82) is 0 Å². The van der Waals surface area contributed by atoms with Crippen molar-refractivity contribution in [2.24, 2.45) is 11.1 Å². The summed E-state index contributed by atoms with van der Waals surface area (Å²) in [7, 11) is -1.51. The largest absolute Gasteiger partial charge is 0.496 e. The summed E-state index contributed by atoms with van der Waals surface area (Å²) < 4.78 is 35.2. The molecule has 12 nitrogen and oxygen atoms in total. The monoisotopic (exact) mass is 913 g/mol. The van der Waals surface area contributed by atoms with Gasteiger partial charge < -0.3 is 30.3 Å². The van der Waals surface area contributed by atoms with E-state index in [9.17, 15) is 22.8 Å². The van der Waals surface area contributed by atoms with Crippen LogP contribution >= 0.6 is 11.6 Å². The highest BCUT2D eigenvalue weighted by atomic mass is 35.5. The summed E-state index contributed by atoms with van der Waals surface area (Å²) in [6, 6.07) is 26.1. The number of unbranched alkanes of at least 4 members (excludes halogenated alkanes) is 2. The van der Waals surface area contributed by atoms with Crippen molar-refractivity contribution in [3.63, 3.8) is 0 Å². The molecule has 3 aliphatic rings. The number of hydrogen-bond donors (Lipinski definition) is 2. The van der Waals surface area contributed by atoms with Gasteiger partial charge in [0.2, 0.25) is 5.91 Å². The van der Waals surface area contributed by atoms with Crippen LogP contribution in [-0.2, 0) is 38.9 Å². The molecule has 1 aliphatic carbocycles. The molecule has 0 radical (unpaired) electrons. The maximum Gasteiger partial charge on any atom is 0.415 e. The van der Waals surface area contributed by atoms with Crippen LogP contribution in [0.3, 0.4) is 0 Å². The van der Waals surface area contributed by atoms with E-state index in [4.69, 9.17) is 26.8 Å². The molecule has 2 amide bonds. The lowest BCUT2D eigenvalue weighted by molar-refractivity contribution is -0.144. The Bertz CT molecular complexity index is 2360. The van der Waals surface area contributed by atoms with Gasteiger partial charge >= 0.3 is 6.09 Å². The maximum absolute atomic E-state index is 15.0. The number of nitrogens with one attached hydrogen (secondary N) is 1. The topological polar surface area (TPSA) is 152 Å². The Balaban J connectivity index is 1.07. The average molecular weight is 915 g/mol. The standard InChI is InChI=1S/C50H64ClN5O7S/c1-62-46-31-36(16-18-39(46)32-52)17-20-44(57)43-34-55(49(59)63-45-21-19-38-13-8-9-14-41(38)47(45)51)28-29-56(43)48(58)42(15-7-4-10-30-64(2,60)61)53-40-22-24-50(25-23-40)26-27-54(35-50)33-37-11-5-3-6-12-37/h3,5-6,8-9,11-14,16,18-19,21,31,40,42-43,53H,4,7,10,15,17,20,22-30,32-35,52H2,1-2H3/t40?,42-,43+,50?/m1/s1. The molecule has 4 aromatic carbocycles. The molecule has 2 aliphatic heterocycles. The molecular formula is C50H64ClN5O7S. The number of aryl methyl sites for hydroxylation is 1. The van der Waals surface area contributed by atoms with Crippen LogP contribution in [0, 0.1) is 5.41 Å². The van der Waals surface area contributed by atoms with E-state index < -0.39 is 28.0 Å². The lowest BCUT2D eigenvalue weighted by atomic mass is 9.72. The number of methoxy groups -OCH3 is 1. The second kappa shape index (κ2) is 21.6. The second-order valence-electron chi connectivity index (χ2n) is 18.2. The molecule has 1 saturated carbocycles. The quantitative estimate of drug-likeness (QED) is 0.0957. The lowest BCUT2D eigenvalue weighted by Gasteiger charge is -2.43. The van der Waals surface area contributed by atoms with Gasteiger partial charge in [0, 0.05) is 68.1 Å². The molecule has 3 fully saturated rings. The van der Waals surface area contributed by atoms with E-state index in [0.717, 1.165) is 67.2 Å². The summed E-state index contributed by atoms with van der Waals surface area (Å²) >= 11 is 6.72. The van der Waals surface area contributed by atoms with E-state index in [-0.39, 0.29) is 60.7 Å². The number of benzene rings is 4. The SMILES string of the molecule is COc1cc(CCC(=O)[C@@H]2CN(C(=O)Oc3ccc4ccccc4c3Cl)CCN2C(=O)[C@@H](CCCCCS(C)(=O)=O)NC2CCC3(CC2)CCN(Cc2ccccc2)C3)ccc1CN. The Morgan fingerprint density at radius 1 is 0.891 bits per heavy atom. The maximum atomic E-state index is 15.0. The van der Waals surface area contributed by atoms with E-state index in [1.807, 2.05) is 48.5 Å². The number of amides is 2. The van der Waals surface area contributed by atoms with Crippen LogP contribution in [0.1, 0.15) is 80.9 Å². The molecule has 7 rings (SSSR count). The Kier molecular flexibility index (Phi) is 16.0. The average Bonchev–Trinajstić information content (AvgIpc) is 3.69. The van der Waals surface area contributed by atoms with Gasteiger partial charge in [-0.1, -0.05) is 97.2 Å². The number of ether oxygens (including phenoxy) is 2. The van der Waals surface area contributed by atoms with Crippen LogP contribution < -0.4 is 20.5 Å². The molecule has 1 spiro atoms. The molecule has 14 heteroatoms. The summed E-state index contributed by atoms with van der Waals surface area (Å²) in [5.74, 6) is 0.642. The predicted molar refractivity (Wildman–Crippen MR) is 252 cm³/mol. The minimum absolute atomic E-state index is 0.0312. The number of likely N-dealkylation sites (tertiary alicyclic amines) is 1. The minimum Gasteiger partial charge on any atom is -0.496 e. The van der Waals surface area contributed by atoms with Crippen LogP contribution in [0.4, 0.5) is 4.79 Å². The number of hydrogen-bond acceptors (Lipinski definition) is 10. The van der Waals surface area contributed by atoms with E-state index in [0.29, 0.717) is 49.4 Å². The zero-order valence-corrected chi connectivity index (χ0v) is 38.9. The van der Waals surface area contributed by atoms with Gasteiger partial charge in [-0.3, -0.25) is 14.5 Å². The first-order valence-electron chi connectivity index (χ1n) is 22.9. The number of halogens is 1. The van der Waals surface area contributed by atoms with Gasteiger partial charge in [-0.2, -0.15) is 0 Å². The van der Waals surface area contributed by atoms with Crippen LogP contribution in [0.5, 0.6) is 11.5 Å². The van der Waals surface area contributed by atoms with Crippen molar-refractivity contribution in [2.75, 3.05) is 51.8 Å². The Morgan fingerprint density at radius 2 is 1.66 bits per heavy atom. The highest BCUT2D eigenvalue weighted by Gasteiger charge is 2.43. The van der Waals surface area contributed by atoms with Crippen molar-refractivity contribution < 1.29 is 32.3 Å². The number of ketones is 1. The molecule has 344 valence electrons. The van der Waals surface area contributed by atoms with Gasteiger partial charge in [-0.05, 0) is 92.0 Å². The molecule has 0 bridgehead atoms. The molecule has 2 heterocycles. The van der Waals surface area contributed by atoms with Gasteiger partial charge in [-0.25, -0.2) is 13.2 Å². The van der Waals surface area contributed by atoms with Crippen LogP contribution in [0.2, 0.25) is 5.02 Å². The van der Waals surface area contributed by atoms with Crippen LogP contribution in [0.25, 0.3) is 10.8 Å². The fraction of sp³-hybridized carbons (Fsp3) is 0.500. The molecule has 3 N–H and O–H groups in total. The third-order valence-corrected chi connectivity index (χ3v) is 15.0. The summed E-state index contributed by atoms with van der Waals surface area (Å²) in [5, 5.41) is 5.75. The van der Waals surface area contributed by atoms with Gasteiger partial charge in [-0.15, -0.1) is 0 Å². The fourth-order valence-electron chi connectivity index (χ4n) is 9.95. The highest BCUT2D eigenvalue weighted by Crippen LogP contribution is 2.44. The van der Waals surface area contributed by atoms with Crippen LogP contribution in [-0.4, -0.2) is 111 Å². The molecule has 0 aromatic heterocycles. The van der Waals surface area contributed by atoms with E-state index in [1.54, 1.807) is 18.1 Å². The third-order valence-electron chi connectivity index (χ3n) is 13.6. The van der Waals surface area contributed by atoms with Gasteiger partial charge in [0.1, 0.15) is 21.6 Å². The molecular weight excluding hydrogens is 850 g/mol. The first kappa shape index (κ1) is 47.4. The number of rotatable bonds is 18. The summed E-state index contributed by atoms with van der Waals surface area (Å²) in [4.78, 5) is 49.0. The number of Topliss-reactive ketones (excluding diaryl/α,β-unsaturated/α-hetero) is 1. The molecule has 0 unspecified atom stereocenters. The predicted octanol–water partition coefficient (Wildman–Crippen LogP) is 7.57. The summed E-state index contributed by atoms with van der Waals surface area (Å²) in [6.07, 6.45) is 8.70. The third kappa shape index (κ3) is 12.2. The van der Waals surface area contributed by atoms with E-state index >= 15 is 0 Å². The zero-order chi connectivity index (χ0) is 45.3. The van der Waals surface area contributed by atoms with Gasteiger partial charge in [0.15, 0.2) is 11.5 Å². The normalized spacial score (nSPS) is 21.0. The van der Waals surface area contributed by atoms with Gasteiger partial charge in [0.25, 0.3) is 0 Å². The number of nitrogens with zero attached hydrogens (tertiary/aromatic N) is 3. The molecule has 4 aromatic rings. The number of carbonyl (C=O) groups is 3. The van der Waals surface area contributed by atoms with Crippen molar-refractivity contribution >= 4 is 50.0 Å². The van der Waals surface area contributed by atoms with E-state index in [2.05, 4.69) is 40.5 Å². The zero-order valence-electron chi connectivity index (χ0n) is 37.3. The van der Waals surface area contributed by atoms with Crippen LogP contribution in [0.15, 0.2) is 84.9 Å². The van der Waals surface area contributed by atoms with Crippen molar-refractivity contribution in [3.05, 3.63) is 107 Å². The number of sulfone groups is 1.